The van der Waals surface area contributed by atoms with Crippen LogP contribution in [0.15, 0.2) is 30.3 Å². The fourth-order valence-electron chi connectivity index (χ4n) is 1.80. The van der Waals surface area contributed by atoms with E-state index in [1.165, 1.54) is 0 Å². The summed E-state index contributed by atoms with van der Waals surface area (Å²) in [6.07, 6.45) is -1.49. The molecule has 1 atom stereocenters. The largest absolute Gasteiger partial charge is 0.449 e. The Morgan fingerprint density at radius 2 is 1.60 bits per heavy atom. The van der Waals surface area contributed by atoms with Crippen molar-refractivity contribution in [1.82, 2.24) is 0 Å². The first-order chi connectivity index (χ1) is 11.7. The van der Waals surface area contributed by atoms with Crippen LogP contribution in [0.1, 0.15) is 17.3 Å². The van der Waals surface area contributed by atoms with E-state index in [9.17, 15) is 27.2 Å². The van der Waals surface area contributed by atoms with Gasteiger partial charge in [-0.05, 0) is 31.2 Å². The molecule has 0 bridgehead atoms. The van der Waals surface area contributed by atoms with Crippen molar-refractivity contribution in [1.29, 1.82) is 0 Å². The number of amides is 1. The lowest BCUT2D eigenvalue weighted by Gasteiger charge is -2.15. The van der Waals surface area contributed by atoms with Crippen molar-refractivity contribution in [3.63, 3.8) is 0 Å². The van der Waals surface area contributed by atoms with Gasteiger partial charge in [0.05, 0.1) is 10.6 Å². The maximum atomic E-state index is 13.5. The zero-order valence-electron chi connectivity index (χ0n) is 12.6. The van der Waals surface area contributed by atoms with Crippen molar-refractivity contribution in [3.05, 3.63) is 64.2 Å². The Hall–Kier alpha value is -2.61. The second kappa shape index (κ2) is 7.52. The first-order valence-electron chi connectivity index (χ1n) is 6.81. The van der Waals surface area contributed by atoms with Gasteiger partial charge < -0.3 is 10.1 Å². The van der Waals surface area contributed by atoms with E-state index in [4.69, 9.17) is 16.3 Å². The molecule has 2 aromatic carbocycles. The molecule has 0 aliphatic carbocycles. The van der Waals surface area contributed by atoms with Crippen molar-refractivity contribution in [3.8, 4) is 0 Å². The van der Waals surface area contributed by atoms with Gasteiger partial charge in [-0.1, -0.05) is 17.7 Å². The fraction of sp³-hybridized carbons (Fsp3) is 0.125. The summed E-state index contributed by atoms with van der Waals surface area (Å²) in [5.74, 6) is -6.87. The Balaban J connectivity index is 2.11. The van der Waals surface area contributed by atoms with Crippen LogP contribution >= 0.6 is 11.6 Å². The lowest BCUT2D eigenvalue weighted by Crippen LogP contribution is -2.30. The number of anilines is 1. The molecule has 25 heavy (non-hydrogen) atoms. The van der Waals surface area contributed by atoms with Crippen molar-refractivity contribution in [2.45, 2.75) is 13.0 Å². The Labute approximate surface area is 144 Å². The minimum Gasteiger partial charge on any atom is -0.449 e. The Kier molecular flexibility index (Phi) is 5.63. The molecule has 0 saturated carbocycles. The molecule has 0 aliphatic heterocycles. The van der Waals surface area contributed by atoms with Crippen molar-refractivity contribution in [2.75, 3.05) is 5.32 Å². The molecule has 1 unspecified atom stereocenters. The molecule has 0 aromatic heterocycles. The summed E-state index contributed by atoms with van der Waals surface area (Å²) in [4.78, 5) is 23.8. The first-order valence-corrected chi connectivity index (χ1v) is 7.19. The molecule has 132 valence electrons. The zero-order valence-corrected chi connectivity index (χ0v) is 13.3. The third-order valence-electron chi connectivity index (χ3n) is 3.09. The number of benzene rings is 2. The number of ether oxygens (including phenoxy) is 1. The Morgan fingerprint density at radius 1 is 1.04 bits per heavy atom. The van der Waals surface area contributed by atoms with E-state index in [1.807, 2.05) is 5.32 Å². The number of halogens is 5. The van der Waals surface area contributed by atoms with Gasteiger partial charge in [-0.2, -0.15) is 0 Å². The molecule has 9 heteroatoms. The number of rotatable bonds is 4. The van der Waals surface area contributed by atoms with Gasteiger partial charge in [-0.25, -0.2) is 22.4 Å². The summed E-state index contributed by atoms with van der Waals surface area (Å²) in [5.41, 5.74) is -1.21. The number of carbonyl (C=O) groups excluding carboxylic acids is 2. The monoisotopic (exact) mass is 375 g/mol. The summed E-state index contributed by atoms with van der Waals surface area (Å²) in [7, 11) is 0. The van der Waals surface area contributed by atoms with Gasteiger partial charge >= 0.3 is 5.97 Å². The van der Waals surface area contributed by atoms with Crippen LogP contribution in [-0.4, -0.2) is 18.0 Å². The first kappa shape index (κ1) is 18.7. The highest BCUT2D eigenvalue weighted by molar-refractivity contribution is 6.33. The summed E-state index contributed by atoms with van der Waals surface area (Å²) in [5, 5.41) is 1.52. The summed E-state index contributed by atoms with van der Waals surface area (Å²) in [6.45, 7) is 1.12. The van der Waals surface area contributed by atoms with Gasteiger partial charge in [0.1, 0.15) is 17.3 Å². The molecule has 2 aromatic rings. The lowest BCUT2D eigenvalue weighted by molar-refractivity contribution is -0.123. The summed E-state index contributed by atoms with van der Waals surface area (Å²) in [6, 6.07) is 4.05. The Bertz CT molecular complexity index is 824. The molecule has 1 amide bonds. The van der Waals surface area contributed by atoms with Gasteiger partial charge in [0.2, 0.25) is 0 Å². The molecule has 0 heterocycles. The van der Waals surface area contributed by atoms with Crippen molar-refractivity contribution in [2.24, 2.45) is 0 Å². The highest BCUT2D eigenvalue weighted by atomic mass is 35.5. The molecule has 0 aliphatic rings. The number of nitrogens with one attached hydrogen (secondary N) is 1. The van der Waals surface area contributed by atoms with Crippen molar-refractivity contribution >= 4 is 29.2 Å². The number of hydrogen-bond acceptors (Lipinski definition) is 3. The van der Waals surface area contributed by atoms with Crippen LogP contribution in [0.3, 0.4) is 0 Å². The third kappa shape index (κ3) is 4.27. The molecule has 4 nitrogen and oxygen atoms in total. The molecule has 0 spiro atoms. The van der Waals surface area contributed by atoms with Crippen LogP contribution in [0, 0.1) is 23.3 Å². The molecular weight excluding hydrogens is 366 g/mol. The van der Waals surface area contributed by atoms with Crippen LogP contribution in [0.2, 0.25) is 5.02 Å². The normalized spacial score (nSPS) is 11.8. The van der Waals surface area contributed by atoms with E-state index >= 15 is 0 Å². The maximum Gasteiger partial charge on any atom is 0.340 e. The fourth-order valence-corrected chi connectivity index (χ4v) is 2.03. The van der Waals surface area contributed by atoms with Crippen LogP contribution in [0.5, 0.6) is 0 Å². The van der Waals surface area contributed by atoms with Crippen LogP contribution < -0.4 is 5.32 Å². The summed E-state index contributed by atoms with van der Waals surface area (Å²) >= 11 is 5.62. The van der Waals surface area contributed by atoms with E-state index < -0.39 is 57.5 Å². The SMILES string of the molecule is CC(OC(=O)c1cc(F)c(F)cc1Cl)C(=O)Nc1c(F)cccc1F. The van der Waals surface area contributed by atoms with Gasteiger partial charge in [-0.3, -0.25) is 4.79 Å². The quantitative estimate of drug-likeness (QED) is 0.497. The minimum absolute atomic E-state index is 0.420. The molecule has 0 radical (unpaired) electrons. The highest BCUT2D eigenvalue weighted by Gasteiger charge is 2.23. The maximum absolute atomic E-state index is 13.5. The highest BCUT2D eigenvalue weighted by Crippen LogP contribution is 2.22. The molecule has 2 rings (SSSR count). The standard InChI is InChI=1S/C16H10ClF4NO3/c1-7(15(23)22-14-10(18)3-2-4-11(14)19)25-16(24)8-5-12(20)13(21)6-9(8)17/h2-7H,1H3,(H,22,23). The molecule has 1 N–H and O–H groups in total. The van der Waals surface area contributed by atoms with E-state index in [-0.39, 0.29) is 0 Å². The predicted molar refractivity (Wildman–Crippen MR) is 81.2 cm³/mol. The van der Waals surface area contributed by atoms with Crippen LogP contribution in [0.25, 0.3) is 0 Å². The predicted octanol–water partition coefficient (Wildman–Crippen LogP) is 4.08. The molecule has 0 fully saturated rings. The van der Waals surface area contributed by atoms with E-state index in [1.54, 1.807) is 0 Å². The second-order valence-electron chi connectivity index (χ2n) is 4.88. The average molecular weight is 376 g/mol. The smallest absolute Gasteiger partial charge is 0.340 e. The molecular formula is C16H10ClF4NO3. The average Bonchev–Trinajstić information content (AvgIpc) is 2.54. The topological polar surface area (TPSA) is 55.4 Å². The number of esters is 1. The van der Waals surface area contributed by atoms with Crippen LogP contribution in [0.4, 0.5) is 23.2 Å². The van der Waals surface area contributed by atoms with E-state index in [0.29, 0.717) is 12.1 Å². The van der Waals surface area contributed by atoms with Gasteiger partial charge in [-0.15, -0.1) is 0 Å². The number of para-hydroxylation sites is 1. The van der Waals surface area contributed by atoms with Gasteiger partial charge in [0.15, 0.2) is 17.7 Å². The second-order valence-corrected chi connectivity index (χ2v) is 5.29. The zero-order chi connectivity index (χ0) is 18.7. The number of hydrogen-bond donors (Lipinski definition) is 1. The van der Waals surface area contributed by atoms with E-state index in [2.05, 4.69) is 0 Å². The Morgan fingerprint density at radius 3 is 2.20 bits per heavy atom. The lowest BCUT2D eigenvalue weighted by atomic mass is 10.2. The van der Waals surface area contributed by atoms with Crippen LogP contribution in [-0.2, 0) is 9.53 Å². The number of carbonyl (C=O) groups is 2. The van der Waals surface area contributed by atoms with Crippen molar-refractivity contribution < 1.29 is 31.9 Å². The molecule has 0 saturated heterocycles. The minimum atomic E-state index is -1.49. The van der Waals surface area contributed by atoms with Gasteiger partial charge in [0, 0.05) is 0 Å². The summed E-state index contributed by atoms with van der Waals surface area (Å²) < 4.78 is 57.9. The van der Waals surface area contributed by atoms with Gasteiger partial charge in [0.25, 0.3) is 5.91 Å². The van der Waals surface area contributed by atoms with E-state index in [0.717, 1.165) is 25.1 Å². The third-order valence-corrected chi connectivity index (χ3v) is 3.41.